The van der Waals surface area contributed by atoms with Gasteiger partial charge in [-0.05, 0) is 55.0 Å². The summed E-state index contributed by atoms with van der Waals surface area (Å²) in [6, 6.07) is 9.49. The highest BCUT2D eigenvalue weighted by Gasteiger charge is 2.16. The lowest BCUT2D eigenvalue weighted by atomic mass is 9.97. The summed E-state index contributed by atoms with van der Waals surface area (Å²) in [4.78, 5) is 16.1. The van der Waals surface area contributed by atoms with Gasteiger partial charge >= 0.3 is 0 Å². The zero-order valence-electron chi connectivity index (χ0n) is 15.8. The zero-order valence-corrected chi connectivity index (χ0v) is 16.6. The number of thiophene rings is 1. The molecule has 142 valence electrons. The van der Waals surface area contributed by atoms with Crippen molar-refractivity contribution in [2.45, 2.75) is 58.3 Å². The number of hydrogen-bond donors (Lipinski definition) is 1. The molecule has 0 saturated heterocycles. The highest BCUT2D eigenvalue weighted by atomic mass is 32.1. The number of aromatic nitrogens is 1. The normalized spacial score (nSPS) is 15.0. The van der Waals surface area contributed by atoms with Gasteiger partial charge in [0.1, 0.15) is 5.82 Å². The predicted molar refractivity (Wildman–Crippen MR) is 111 cm³/mol. The van der Waals surface area contributed by atoms with Crippen LogP contribution in [0, 0.1) is 11.7 Å². The lowest BCUT2D eigenvalue weighted by Gasteiger charge is -2.09. The molecule has 1 aliphatic rings. The van der Waals surface area contributed by atoms with Crippen LogP contribution in [-0.2, 0) is 6.42 Å². The fourth-order valence-corrected chi connectivity index (χ4v) is 5.18. The summed E-state index contributed by atoms with van der Waals surface area (Å²) < 4.78 is 15.7. The molecule has 2 heterocycles. The van der Waals surface area contributed by atoms with Gasteiger partial charge in [-0.2, -0.15) is 0 Å². The summed E-state index contributed by atoms with van der Waals surface area (Å²) in [5.74, 6) is 0.842. The molecule has 0 aliphatic heterocycles. The maximum atomic E-state index is 14.7. The smallest absolute Gasteiger partial charge is 0.172 e. The first-order valence-corrected chi connectivity index (χ1v) is 10.9. The Morgan fingerprint density at radius 1 is 1.22 bits per heavy atom. The van der Waals surface area contributed by atoms with E-state index in [2.05, 4.69) is 11.1 Å². The van der Waals surface area contributed by atoms with E-state index in [1.54, 1.807) is 6.07 Å². The van der Waals surface area contributed by atoms with Gasteiger partial charge in [0, 0.05) is 12.0 Å². The van der Waals surface area contributed by atoms with Crippen LogP contribution in [0.25, 0.3) is 21.5 Å². The molecule has 0 unspecified atom stereocenters. The molecular weight excluding hydrogens is 357 g/mol. The largest absolute Gasteiger partial charge is 0.354 e. The minimum Gasteiger partial charge on any atom is -0.354 e. The highest BCUT2D eigenvalue weighted by Crippen LogP contribution is 2.33. The van der Waals surface area contributed by atoms with E-state index in [0.29, 0.717) is 12.0 Å². The standard InChI is InChI=1S/C23H26FNOS/c1-2-5-21(26)23-14-20-22(27-23)13-19(25-20)17-11-10-16(12-18(17)24)9-8-15-6-3-4-7-15/h10-15,25H,2-9H2,1H3. The van der Waals surface area contributed by atoms with Crippen molar-refractivity contribution in [2.75, 3.05) is 0 Å². The number of halogens is 1. The molecule has 2 aromatic heterocycles. The lowest BCUT2D eigenvalue weighted by molar-refractivity contribution is 0.0985. The van der Waals surface area contributed by atoms with Crippen LogP contribution in [-0.4, -0.2) is 10.8 Å². The monoisotopic (exact) mass is 383 g/mol. The molecule has 27 heavy (non-hydrogen) atoms. The molecule has 0 bridgehead atoms. The van der Waals surface area contributed by atoms with Crippen LogP contribution in [0.15, 0.2) is 30.3 Å². The molecule has 3 aromatic rings. The third kappa shape index (κ3) is 4.01. The minimum absolute atomic E-state index is 0.171. The molecule has 0 spiro atoms. The van der Waals surface area contributed by atoms with Crippen molar-refractivity contribution >= 4 is 27.3 Å². The summed E-state index contributed by atoms with van der Waals surface area (Å²) in [5.41, 5.74) is 3.39. The first-order chi connectivity index (χ1) is 13.1. The van der Waals surface area contributed by atoms with Crippen molar-refractivity contribution < 1.29 is 9.18 Å². The number of aryl methyl sites for hydroxylation is 1. The molecule has 1 aliphatic carbocycles. The Hall–Kier alpha value is -1.94. The van der Waals surface area contributed by atoms with Crippen molar-refractivity contribution in [1.29, 1.82) is 0 Å². The fourth-order valence-electron chi connectivity index (χ4n) is 4.16. The Bertz CT molecular complexity index is 917. The van der Waals surface area contributed by atoms with E-state index in [0.717, 1.165) is 45.1 Å². The SMILES string of the molecule is CCCC(=O)c1cc2[nH]c(-c3ccc(CCC4CCCC4)cc3F)cc2s1. The van der Waals surface area contributed by atoms with E-state index in [9.17, 15) is 9.18 Å². The van der Waals surface area contributed by atoms with Crippen molar-refractivity contribution in [3.05, 3.63) is 46.6 Å². The van der Waals surface area contributed by atoms with Gasteiger partial charge in [0.25, 0.3) is 0 Å². The van der Waals surface area contributed by atoms with Crippen LogP contribution < -0.4 is 0 Å². The third-order valence-electron chi connectivity index (χ3n) is 5.70. The van der Waals surface area contributed by atoms with Gasteiger partial charge in [-0.1, -0.05) is 38.7 Å². The van der Waals surface area contributed by atoms with Crippen molar-refractivity contribution in [3.8, 4) is 11.3 Å². The fraction of sp³-hybridized carbons (Fsp3) is 0.435. The van der Waals surface area contributed by atoms with Crippen LogP contribution >= 0.6 is 11.3 Å². The Morgan fingerprint density at radius 2 is 2.04 bits per heavy atom. The number of fused-ring (bicyclic) bond motifs is 1. The van der Waals surface area contributed by atoms with E-state index in [1.165, 1.54) is 43.4 Å². The molecule has 1 saturated carbocycles. The Labute approximate surface area is 163 Å². The highest BCUT2D eigenvalue weighted by molar-refractivity contribution is 7.20. The molecular formula is C23H26FNOS. The van der Waals surface area contributed by atoms with E-state index < -0.39 is 0 Å². The summed E-state index contributed by atoms with van der Waals surface area (Å²) in [5, 5.41) is 0. The molecule has 0 radical (unpaired) electrons. The second kappa shape index (κ2) is 7.97. The van der Waals surface area contributed by atoms with Gasteiger partial charge in [0.15, 0.2) is 5.78 Å². The Kier molecular flexibility index (Phi) is 5.44. The zero-order chi connectivity index (χ0) is 18.8. The van der Waals surface area contributed by atoms with Crippen LogP contribution in [0.1, 0.15) is 67.1 Å². The minimum atomic E-state index is -0.171. The summed E-state index contributed by atoms with van der Waals surface area (Å²) >= 11 is 1.49. The molecule has 0 atom stereocenters. The number of H-pyrrole nitrogens is 1. The third-order valence-corrected chi connectivity index (χ3v) is 6.82. The predicted octanol–water partition coefficient (Wildman–Crippen LogP) is 7.14. The second-order valence-electron chi connectivity index (χ2n) is 7.75. The Morgan fingerprint density at radius 3 is 2.74 bits per heavy atom. The van der Waals surface area contributed by atoms with Gasteiger partial charge in [0.2, 0.25) is 0 Å². The number of carbonyl (C=O) groups is 1. The average Bonchev–Trinajstić information content (AvgIpc) is 3.36. The number of benzene rings is 1. The van der Waals surface area contributed by atoms with Crippen LogP contribution in [0.5, 0.6) is 0 Å². The topological polar surface area (TPSA) is 32.9 Å². The quantitative estimate of drug-likeness (QED) is 0.432. The van der Waals surface area contributed by atoms with Crippen molar-refractivity contribution in [3.63, 3.8) is 0 Å². The molecule has 2 nitrogen and oxygen atoms in total. The molecule has 1 aromatic carbocycles. The van der Waals surface area contributed by atoms with Crippen molar-refractivity contribution in [2.24, 2.45) is 5.92 Å². The number of nitrogens with one attached hydrogen (secondary N) is 1. The molecule has 4 rings (SSSR count). The summed E-state index contributed by atoms with van der Waals surface area (Å²) in [7, 11) is 0. The summed E-state index contributed by atoms with van der Waals surface area (Å²) in [6.45, 7) is 2.01. The van der Waals surface area contributed by atoms with Gasteiger partial charge < -0.3 is 4.98 Å². The van der Waals surface area contributed by atoms with Gasteiger partial charge in [-0.25, -0.2) is 4.39 Å². The van der Waals surface area contributed by atoms with Crippen LogP contribution in [0.3, 0.4) is 0 Å². The first-order valence-electron chi connectivity index (χ1n) is 10.1. The summed E-state index contributed by atoms with van der Waals surface area (Å²) in [6.07, 6.45) is 8.95. The number of aromatic amines is 1. The molecule has 4 heteroatoms. The number of hydrogen-bond acceptors (Lipinski definition) is 2. The molecule has 1 fully saturated rings. The van der Waals surface area contributed by atoms with Crippen LogP contribution in [0.2, 0.25) is 0 Å². The van der Waals surface area contributed by atoms with Gasteiger partial charge in [-0.3, -0.25) is 4.79 Å². The van der Waals surface area contributed by atoms with E-state index >= 15 is 0 Å². The second-order valence-corrected chi connectivity index (χ2v) is 8.83. The van der Waals surface area contributed by atoms with Crippen LogP contribution in [0.4, 0.5) is 4.39 Å². The van der Waals surface area contributed by atoms with E-state index in [1.807, 2.05) is 25.1 Å². The van der Waals surface area contributed by atoms with E-state index in [-0.39, 0.29) is 11.6 Å². The lowest BCUT2D eigenvalue weighted by Crippen LogP contribution is -1.97. The first kappa shape index (κ1) is 18.4. The maximum Gasteiger partial charge on any atom is 0.172 e. The number of carbonyl (C=O) groups excluding carboxylic acids is 1. The van der Waals surface area contributed by atoms with Gasteiger partial charge in [0.05, 0.1) is 20.8 Å². The van der Waals surface area contributed by atoms with Gasteiger partial charge in [-0.15, -0.1) is 11.3 Å². The average molecular weight is 384 g/mol. The van der Waals surface area contributed by atoms with E-state index in [4.69, 9.17) is 0 Å². The number of ketones is 1. The molecule has 1 N–H and O–H groups in total. The number of rotatable bonds is 7. The number of Topliss-reactive ketones (excluding diaryl/α,β-unsaturated/α-hetero) is 1. The van der Waals surface area contributed by atoms with Crippen molar-refractivity contribution in [1.82, 2.24) is 4.98 Å². The molecule has 0 amide bonds. The maximum absolute atomic E-state index is 14.7. The Balaban J connectivity index is 1.50.